The molecule has 1 atom stereocenters. The Morgan fingerprint density at radius 2 is 2.00 bits per heavy atom. The van der Waals surface area contributed by atoms with Crippen LogP contribution in [0.25, 0.3) is 0 Å². The van der Waals surface area contributed by atoms with E-state index in [0.717, 1.165) is 19.4 Å². The summed E-state index contributed by atoms with van der Waals surface area (Å²) >= 11 is 0. The number of carbonyl (C=O) groups is 3. The molecule has 3 N–H and O–H groups in total. The fourth-order valence-corrected chi connectivity index (χ4v) is 2.33. The van der Waals surface area contributed by atoms with Crippen molar-refractivity contribution in [3.63, 3.8) is 0 Å². The maximum atomic E-state index is 11.7. The van der Waals surface area contributed by atoms with Crippen LogP contribution < -0.4 is 10.6 Å². The molecule has 0 radical (unpaired) electrons. The van der Waals surface area contributed by atoms with E-state index in [-0.39, 0.29) is 18.8 Å². The first-order chi connectivity index (χ1) is 9.78. The van der Waals surface area contributed by atoms with E-state index in [4.69, 9.17) is 9.84 Å². The molecule has 0 aliphatic carbocycles. The van der Waals surface area contributed by atoms with Crippen molar-refractivity contribution in [2.75, 3.05) is 19.8 Å². The number of nitrogens with one attached hydrogen (secondary N) is 2. The minimum absolute atomic E-state index is 0.0146. The molecule has 0 aromatic heterocycles. The van der Waals surface area contributed by atoms with Crippen LogP contribution in [0.3, 0.4) is 0 Å². The first kappa shape index (κ1) is 17.4. The first-order valence-corrected chi connectivity index (χ1v) is 7.16. The van der Waals surface area contributed by atoms with Crippen molar-refractivity contribution >= 4 is 17.9 Å². The van der Waals surface area contributed by atoms with Crippen LogP contribution in [-0.2, 0) is 14.3 Å². The summed E-state index contributed by atoms with van der Waals surface area (Å²) in [6, 6.07) is -0.545. The number of ether oxygens (including phenoxy) is 1. The van der Waals surface area contributed by atoms with Crippen molar-refractivity contribution in [1.29, 1.82) is 0 Å². The topological polar surface area (TPSA) is 105 Å². The van der Waals surface area contributed by atoms with Crippen molar-refractivity contribution in [2.45, 2.75) is 39.5 Å². The fourth-order valence-electron chi connectivity index (χ4n) is 2.33. The quantitative estimate of drug-likeness (QED) is 0.682. The zero-order valence-corrected chi connectivity index (χ0v) is 12.6. The number of carboxylic acid groups (broad SMARTS) is 1. The third kappa shape index (κ3) is 7.65. The molecule has 1 aliphatic heterocycles. The number of rotatable bonds is 6. The Hall–Kier alpha value is -1.63. The number of carbonyl (C=O) groups excluding carboxylic acids is 2. The van der Waals surface area contributed by atoms with Crippen LogP contribution in [0.4, 0.5) is 4.79 Å². The van der Waals surface area contributed by atoms with E-state index in [9.17, 15) is 14.4 Å². The molecule has 0 bridgehead atoms. The van der Waals surface area contributed by atoms with E-state index in [0.29, 0.717) is 13.2 Å². The van der Waals surface area contributed by atoms with Gasteiger partial charge in [-0.2, -0.15) is 0 Å². The molecule has 1 aliphatic rings. The summed E-state index contributed by atoms with van der Waals surface area (Å²) in [4.78, 5) is 34.0. The monoisotopic (exact) mass is 300 g/mol. The molecule has 1 unspecified atom stereocenters. The molecule has 0 aromatic rings. The average Bonchev–Trinajstić information content (AvgIpc) is 2.35. The number of hydrogen-bond acceptors (Lipinski definition) is 4. The van der Waals surface area contributed by atoms with Crippen molar-refractivity contribution in [3.05, 3.63) is 0 Å². The molecule has 1 heterocycles. The summed E-state index contributed by atoms with van der Waals surface area (Å²) in [6.07, 6.45) is 1.84. The lowest BCUT2D eigenvalue weighted by atomic mass is 9.85. The minimum Gasteiger partial charge on any atom is -0.481 e. The second kappa shape index (κ2) is 7.97. The molecule has 120 valence electrons. The Bertz CT molecular complexity index is 389. The van der Waals surface area contributed by atoms with Gasteiger partial charge in [0.1, 0.15) is 0 Å². The third-order valence-corrected chi connectivity index (χ3v) is 3.33. The molecule has 1 saturated heterocycles. The van der Waals surface area contributed by atoms with Crippen molar-refractivity contribution < 1.29 is 24.2 Å². The van der Waals surface area contributed by atoms with Crippen LogP contribution in [0.1, 0.15) is 39.5 Å². The predicted octanol–water partition coefficient (Wildman–Crippen LogP) is 1.13. The average molecular weight is 300 g/mol. The Morgan fingerprint density at radius 1 is 1.29 bits per heavy atom. The molecule has 21 heavy (non-hydrogen) atoms. The van der Waals surface area contributed by atoms with Crippen LogP contribution in [0.15, 0.2) is 0 Å². The Balaban J connectivity index is 2.26. The lowest BCUT2D eigenvalue weighted by Gasteiger charge is -2.23. The highest BCUT2D eigenvalue weighted by molar-refractivity contribution is 5.94. The number of carboxylic acids is 1. The largest absolute Gasteiger partial charge is 0.481 e. The number of hydrogen-bond donors (Lipinski definition) is 3. The van der Waals surface area contributed by atoms with Crippen LogP contribution in [-0.4, -0.2) is 42.8 Å². The van der Waals surface area contributed by atoms with E-state index in [1.165, 1.54) is 0 Å². The maximum Gasteiger partial charge on any atom is 0.321 e. The van der Waals surface area contributed by atoms with Gasteiger partial charge in [-0.3, -0.25) is 14.9 Å². The minimum atomic E-state index is -0.963. The molecule has 7 heteroatoms. The van der Waals surface area contributed by atoms with E-state index in [1.807, 2.05) is 0 Å². The van der Waals surface area contributed by atoms with Crippen LogP contribution in [0.5, 0.6) is 0 Å². The zero-order valence-electron chi connectivity index (χ0n) is 12.6. The third-order valence-electron chi connectivity index (χ3n) is 3.33. The molecule has 1 rings (SSSR count). The number of imide groups is 1. The lowest BCUT2D eigenvalue weighted by Crippen LogP contribution is -2.43. The van der Waals surface area contributed by atoms with Gasteiger partial charge in [-0.05, 0) is 24.2 Å². The number of amides is 3. The second-order valence-corrected chi connectivity index (χ2v) is 6.25. The van der Waals surface area contributed by atoms with Crippen molar-refractivity contribution in [2.24, 2.45) is 11.3 Å². The summed E-state index contributed by atoms with van der Waals surface area (Å²) in [6.45, 7) is 5.22. The highest BCUT2D eigenvalue weighted by atomic mass is 16.5. The number of aliphatic carboxylic acids is 1. The highest BCUT2D eigenvalue weighted by Gasteiger charge is 2.26. The Labute approximate surface area is 124 Å². The Morgan fingerprint density at radius 3 is 2.57 bits per heavy atom. The van der Waals surface area contributed by atoms with Gasteiger partial charge < -0.3 is 15.2 Å². The maximum absolute atomic E-state index is 11.7. The standard InChI is InChI=1S/C14H24N2O5/c1-14(2,7-12(18)19)6-11(17)16-13(20)15-8-10-4-3-5-21-9-10/h10H,3-9H2,1-2H3,(H,18,19)(H2,15,16,17,20). The van der Waals surface area contributed by atoms with Gasteiger partial charge in [-0.25, -0.2) is 4.79 Å². The molecular weight excluding hydrogens is 276 g/mol. The van der Waals surface area contributed by atoms with Crippen LogP contribution in [0.2, 0.25) is 0 Å². The molecule has 7 nitrogen and oxygen atoms in total. The van der Waals surface area contributed by atoms with E-state index >= 15 is 0 Å². The van der Waals surface area contributed by atoms with Gasteiger partial charge in [0.15, 0.2) is 0 Å². The fraction of sp³-hybridized carbons (Fsp3) is 0.786. The van der Waals surface area contributed by atoms with Crippen LogP contribution in [0, 0.1) is 11.3 Å². The van der Waals surface area contributed by atoms with Gasteiger partial charge in [0.05, 0.1) is 13.0 Å². The normalized spacial score (nSPS) is 18.9. The summed E-state index contributed by atoms with van der Waals surface area (Å²) in [7, 11) is 0. The van der Waals surface area contributed by atoms with Crippen molar-refractivity contribution in [3.8, 4) is 0 Å². The van der Waals surface area contributed by atoms with E-state index in [2.05, 4.69) is 10.6 Å². The summed E-state index contributed by atoms with van der Waals surface area (Å²) < 4.78 is 5.30. The van der Waals surface area contributed by atoms with Crippen LogP contribution >= 0.6 is 0 Å². The van der Waals surface area contributed by atoms with E-state index in [1.54, 1.807) is 13.8 Å². The summed E-state index contributed by atoms with van der Waals surface area (Å²) in [5.41, 5.74) is -0.687. The SMILES string of the molecule is CC(C)(CC(=O)O)CC(=O)NC(=O)NCC1CCCOC1. The molecule has 3 amide bonds. The summed E-state index contributed by atoms with van der Waals surface area (Å²) in [5.74, 6) is -1.16. The highest BCUT2D eigenvalue weighted by Crippen LogP contribution is 2.24. The van der Waals surface area contributed by atoms with Gasteiger partial charge in [-0.15, -0.1) is 0 Å². The first-order valence-electron chi connectivity index (χ1n) is 7.16. The molecule has 0 spiro atoms. The molecule has 1 fully saturated rings. The molecular formula is C14H24N2O5. The van der Waals surface area contributed by atoms with Gasteiger partial charge in [0.25, 0.3) is 0 Å². The molecule has 0 aromatic carbocycles. The van der Waals surface area contributed by atoms with Crippen molar-refractivity contribution in [1.82, 2.24) is 10.6 Å². The van der Waals surface area contributed by atoms with Gasteiger partial charge in [-0.1, -0.05) is 13.8 Å². The predicted molar refractivity (Wildman–Crippen MR) is 75.7 cm³/mol. The summed E-state index contributed by atoms with van der Waals surface area (Å²) in [5, 5.41) is 13.6. The van der Waals surface area contributed by atoms with Gasteiger partial charge >= 0.3 is 12.0 Å². The van der Waals surface area contributed by atoms with E-state index < -0.39 is 23.3 Å². The van der Waals surface area contributed by atoms with Gasteiger partial charge in [0, 0.05) is 19.6 Å². The lowest BCUT2D eigenvalue weighted by molar-refractivity contribution is -0.139. The van der Waals surface area contributed by atoms with Gasteiger partial charge in [0.2, 0.25) is 5.91 Å². The number of urea groups is 1. The molecule has 0 saturated carbocycles. The Kier molecular flexibility index (Phi) is 6.61. The smallest absolute Gasteiger partial charge is 0.321 e. The second-order valence-electron chi connectivity index (χ2n) is 6.25. The zero-order chi connectivity index (χ0) is 15.9.